The van der Waals surface area contributed by atoms with E-state index in [1.807, 2.05) is 29.3 Å². The zero-order valence-corrected chi connectivity index (χ0v) is 18.4. The number of primary amides is 1. The minimum Gasteiger partial charge on any atom is -0.364 e. The first kappa shape index (κ1) is 21.9. The molecule has 11 heteroatoms. The van der Waals surface area contributed by atoms with Crippen LogP contribution in [0.3, 0.4) is 0 Å². The molecule has 32 heavy (non-hydrogen) atoms. The van der Waals surface area contributed by atoms with Gasteiger partial charge < -0.3 is 16.4 Å². The molecule has 0 spiro atoms. The predicted octanol–water partition coefficient (Wildman–Crippen LogP) is 0.428. The van der Waals surface area contributed by atoms with Gasteiger partial charge in [-0.2, -0.15) is 0 Å². The predicted molar refractivity (Wildman–Crippen MR) is 116 cm³/mol. The summed E-state index contributed by atoms with van der Waals surface area (Å²) < 4.78 is 0. The van der Waals surface area contributed by atoms with E-state index < -0.39 is 23.8 Å². The molecule has 4 rings (SSSR count). The van der Waals surface area contributed by atoms with Crippen molar-refractivity contribution < 1.29 is 19.2 Å². The molecule has 2 aromatic rings. The van der Waals surface area contributed by atoms with Crippen LogP contribution in [0.4, 0.5) is 0 Å². The summed E-state index contributed by atoms with van der Waals surface area (Å²) in [5, 5.41) is 9.33. The number of benzene rings is 1. The van der Waals surface area contributed by atoms with Crippen LogP contribution in [0.15, 0.2) is 30.5 Å². The van der Waals surface area contributed by atoms with Crippen molar-refractivity contribution in [2.24, 2.45) is 11.7 Å². The lowest BCUT2D eigenvalue weighted by atomic mass is 9.99. The first-order valence-electron chi connectivity index (χ1n) is 10.3. The zero-order chi connectivity index (χ0) is 22.8. The average Bonchev–Trinajstić information content (AvgIpc) is 3.44. The smallest absolute Gasteiger partial charge is 0.277 e. The Morgan fingerprint density at radius 1 is 1.28 bits per heavy atom. The molecule has 0 radical (unpaired) electrons. The lowest BCUT2D eigenvalue weighted by Gasteiger charge is -2.28. The van der Waals surface area contributed by atoms with Gasteiger partial charge in [0.05, 0.1) is 12.1 Å². The fraction of sp³-hybridized carbons (Fsp3) is 0.381. The maximum absolute atomic E-state index is 13.2. The van der Waals surface area contributed by atoms with Crippen LogP contribution in [0.5, 0.6) is 0 Å². The number of nitrogens with zero attached hydrogens (tertiary/aromatic N) is 3. The molecular formula is C21H24N6O4S. The van der Waals surface area contributed by atoms with E-state index in [1.165, 1.54) is 6.20 Å². The molecule has 10 nitrogen and oxygen atoms in total. The molecule has 4 N–H and O–H groups in total. The van der Waals surface area contributed by atoms with Crippen molar-refractivity contribution >= 4 is 35.0 Å². The number of aromatic nitrogens is 1. The van der Waals surface area contributed by atoms with Crippen LogP contribution in [-0.2, 0) is 16.1 Å². The van der Waals surface area contributed by atoms with Gasteiger partial charge in [0.15, 0.2) is 5.01 Å². The van der Waals surface area contributed by atoms with Crippen molar-refractivity contribution in [2.75, 3.05) is 19.6 Å². The highest BCUT2D eigenvalue weighted by atomic mass is 32.1. The van der Waals surface area contributed by atoms with Crippen molar-refractivity contribution in [1.29, 1.82) is 0 Å². The first-order chi connectivity index (χ1) is 15.3. The standard InChI is InChI=1S/C21H24N6O4S/c1-12(9-23-19(30)15-10-24-20(32-15)17(22)28)18(29)25-16-14-6-3-2-5-13(14)11-26-7-4-8-27(26)21(16)31/h2-3,5-6,10,12,16H,4,7-9,11H2,1H3,(H2,22,28)(H,23,30)(H,25,29)/t12-,16+/m1/s1. The molecule has 1 fully saturated rings. The number of hydrazine groups is 1. The molecule has 0 bridgehead atoms. The van der Waals surface area contributed by atoms with Gasteiger partial charge in [-0.1, -0.05) is 31.2 Å². The summed E-state index contributed by atoms with van der Waals surface area (Å²) in [4.78, 5) is 53.6. The molecule has 168 valence electrons. The number of carbonyl (C=O) groups excluding carboxylic acids is 4. The van der Waals surface area contributed by atoms with Crippen LogP contribution in [0.25, 0.3) is 0 Å². The molecule has 2 aliphatic rings. The fourth-order valence-electron chi connectivity index (χ4n) is 3.86. The Balaban J connectivity index is 1.42. The Hall–Kier alpha value is -3.31. The largest absolute Gasteiger partial charge is 0.364 e. The molecule has 1 aromatic heterocycles. The number of hydrogen-bond donors (Lipinski definition) is 3. The van der Waals surface area contributed by atoms with Crippen LogP contribution in [0, 0.1) is 5.92 Å². The van der Waals surface area contributed by atoms with Crippen LogP contribution in [0.1, 0.15) is 50.0 Å². The van der Waals surface area contributed by atoms with Crippen molar-refractivity contribution in [3.8, 4) is 0 Å². The molecule has 0 unspecified atom stereocenters. The van der Waals surface area contributed by atoms with Gasteiger partial charge in [0, 0.05) is 26.2 Å². The van der Waals surface area contributed by atoms with E-state index in [0.29, 0.717) is 13.1 Å². The van der Waals surface area contributed by atoms with Crippen LogP contribution < -0.4 is 16.4 Å². The molecule has 0 saturated carbocycles. The topological polar surface area (TPSA) is 138 Å². The summed E-state index contributed by atoms with van der Waals surface area (Å²) in [6.07, 6.45) is 2.17. The molecule has 1 saturated heterocycles. The average molecular weight is 457 g/mol. The monoisotopic (exact) mass is 456 g/mol. The Morgan fingerprint density at radius 3 is 2.81 bits per heavy atom. The van der Waals surface area contributed by atoms with Gasteiger partial charge in [0.2, 0.25) is 5.91 Å². The summed E-state index contributed by atoms with van der Waals surface area (Å²) in [6, 6.07) is 6.85. The highest BCUT2D eigenvalue weighted by molar-refractivity contribution is 7.15. The number of rotatable bonds is 6. The molecule has 0 aliphatic carbocycles. The van der Waals surface area contributed by atoms with Crippen LogP contribution in [-0.4, -0.2) is 58.3 Å². The first-order valence-corrected chi connectivity index (χ1v) is 11.1. The zero-order valence-electron chi connectivity index (χ0n) is 17.5. The number of nitrogens with two attached hydrogens (primary N) is 1. The Bertz CT molecular complexity index is 1070. The maximum Gasteiger partial charge on any atom is 0.277 e. The summed E-state index contributed by atoms with van der Waals surface area (Å²) >= 11 is 0.888. The van der Waals surface area contributed by atoms with Gasteiger partial charge in [-0.15, -0.1) is 11.3 Å². The Morgan fingerprint density at radius 2 is 2.06 bits per heavy atom. The van der Waals surface area contributed by atoms with Gasteiger partial charge in [-0.3, -0.25) is 24.2 Å². The second-order valence-electron chi connectivity index (χ2n) is 7.85. The maximum atomic E-state index is 13.2. The van der Waals surface area contributed by atoms with E-state index >= 15 is 0 Å². The number of nitrogens with one attached hydrogen (secondary N) is 2. The highest BCUT2D eigenvalue weighted by Gasteiger charge is 2.38. The van der Waals surface area contributed by atoms with Gasteiger partial charge in [0.1, 0.15) is 10.9 Å². The summed E-state index contributed by atoms with van der Waals surface area (Å²) in [6.45, 7) is 3.80. The number of carbonyl (C=O) groups is 4. The van der Waals surface area contributed by atoms with E-state index in [9.17, 15) is 19.2 Å². The molecular weight excluding hydrogens is 432 g/mol. The Kier molecular flexibility index (Phi) is 6.19. The van der Waals surface area contributed by atoms with Gasteiger partial charge in [-0.05, 0) is 17.5 Å². The minimum absolute atomic E-state index is 0.0439. The third-order valence-corrected chi connectivity index (χ3v) is 6.60. The van der Waals surface area contributed by atoms with Crippen molar-refractivity contribution in [3.05, 3.63) is 51.5 Å². The summed E-state index contributed by atoms with van der Waals surface area (Å²) in [5.74, 6) is -2.22. The second-order valence-corrected chi connectivity index (χ2v) is 8.88. The number of amides is 4. The van der Waals surface area contributed by atoms with E-state index in [0.717, 1.165) is 35.4 Å². The molecule has 4 amide bonds. The van der Waals surface area contributed by atoms with Crippen LogP contribution >= 0.6 is 11.3 Å². The normalized spacial score (nSPS) is 19.0. The van der Waals surface area contributed by atoms with Crippen molar-refractivity contribution in [1.82, 2.24) is 25.6 Å². The number of hydrogen-bond acceptors (Lipinski definition) is 7. The van der Waals surface area contributed by atoms with E-state index in [4.69, 9.17) is 5.73 Å². The lowest BCUT2D eigenvalue weighted by molar-refractivity contribution is -0.148. The van der Waals surface area contributed by atoms with Gasteiger partial charge >= 0.3 is 0 Å². The minimum atomic E-state index is -0.778. The summed E-state index contributed by atoms with van der Waals surface area (Å²) in [5.41, 5.74) is 6.96. The molecule has 2 aliphatic heterocycles. The van der Waals surface area contributed by atoms with Gasteiger partial charge in [-0.25, -0.2) is 9.99 Å². The molecule has 1 aromatic carbocycles. The Labute approximate surface area is 188 Å². The second kappa shape index (κ2) is 9.05. The molecule has 2 atom stereocenters. The quantitative estimate of drug-likeness (QED) is 0.576. The van der Waals surface area contributed by atoms with Crippen LogP contribution in [0.2, 0.25) is 0 Å². The van der Waals surface area contributed by atoms with E-state index in [-0.39, 0.29) is 28.2 Å². The molecule has 3 heterocycles. The third kappa shape index (κ3) is 4.34. The van der Waals surface area contributed by atoms with Gasteiger partial charge in [0.25, 0.3) is 17.7 Å². The third-order valence-electron chi connectivity index (χ3n) is 5.59. The fourth-order valence-corrected chi connectivity index (χ4v) is 4.54. The number of fused-ring (bicyclic) bond motifs is 2. The van der Waals surface area contributed by atoms with E-state index in [2.05, 4.69) is 15.6 Å². The summed E-state index contributed by atoms with van der Waals surface area (Å²) in [7, 11) is 0. The highest BCUT2D eigenvalue weighted by Crippen LogP contribution is 2.29. The van der Waals surface area contributed by atoms with Crippen molar-refractivity contribution in [2.45, 2.75) is 25.9 Å². The number of thiazole rings is 1. The SMILES string of the molecule is C[C@H](CNC(=O)c1cnc(C(N)=O)s1)C(=O)N[C@@H]1C(=O)N2CCCN2Cc2ccccc21. The van der Waals surface area contributed by atoms with Crippen molar-refractivity contribution in [3.63, 3.8) is 0 Å². The lowest BCUT2D eigenvalue weighted by Crippen LogP contribution is -2.47. The van der Waals surface area contributed by atoms with E-state index in [1.54, 1.807) is 11.9 Å².